The third-order valence-corrected chi connectivity index (χ3v) is 21.3. The van der Waals surface area contributed by atoms with Gasteiger partial charge in [0.25, 0.3) is 5.91 Å². The van der Waals surface area contributed by atoms with Crippen LogP contribution in [0.1, 0.15) is 360 Å². The summed E-state index contributed by atoms with van der Waals surface area (Å²) in [5, 5.41) is 20.5. The number of ether oxygens (including phenoxy) is 1. The Bertz CT molecular complexity index is 4250. The van der Waals surface area contributed by atoms with Gasteiger partial charge in [-0.1, -0.05) is 135 Å². The summed E-state index contributed by atoms with van der Waals surface area (Å²) in [5.41, 5.74) is -2.56. The van der Waals surface area contributed by atoms with Gasteiger partial charge >= 0.3 is 5.97 Å². The van der Waals surface area contributed by atoms with Gasteiger partial charge in [-0.05, 0) is 297 Å². The van der Waals surface area contributed by atoms with Gasteiger partial charge in [-0.25, -0.2) is 21.6 Å². The van der Waals surface area contributed by atoms with Crippen LogP contribution in [0.15, 0.2) is 95.3 Å². The van der Waals surface area contributed by atoms with Gasteiger partial charge < -0.3 is 35.8 Å². The van der Waals surface area contributed by atoms with E-state index in [4.69, 9.17) is 22.8 Å². The third-order valence-electron chi connectivity index (χ3n) is 19.2. The molecule has 1 unspecified atom stereocenters. The van der Waals surface area contributed by atoms with Crippen LogP contribution in [0.3, 0.4) is 0 Å². The lowest BCUT2D eigenvalue weighted by Crippen LogP contribution is -2.46. The summed E-state index contributed by atoms with van der Waals surface area (Å²) < 4.78 is 65.1. The largest absolute Gasteiger partial charge is 0.464 e. The number of esters is 1. The van der Waals surface area contributed by atoms with E-state index in [1.165, 1.54) is 26.8 Å². The average Bonchev–Trinajstić information content (AvgIpc) is 1.62. The maximum absolute atomic E-state index is 13.3. The standard InChI is InChI=1S/C11H18FNO.C11H18O3.C10H16FNO.C10H16O.C9H16FNO.C9H13NO.C9H15NO.C8H13NO.C7H11NO.C7H12O.C7H10O.C6H12O2S/c1-11(2,3)13-10(14)8-6-4-5-7-9(8)12;1-8(12)11(5-6-11)9(13)14-7-10(2,3)4;1-10(2,3)12-9(13)7-5-4-6-8(7)11;1-10(2,3)8-6-4-5-7-9(8)11;1-6(7(2)10)8(12)11-9(3,4)5;1-8(2,3)7(11)9(6-10)4-5-9;1-9(2,3)10-7-5-4-6-8(10)11;1-8(2,3)9-6-4-5-7(9)10;1-5-6(9)8-7(2,3)4;2*1-5-6(8)7(2,3)4;1-5-9(7,8)6(2,3)4/h4-7H2,1-3H3,(H,13,14);5-7H2,1-4H3;4-6H2,1-3H3,(H,12,13);5,7-8H,4,6H2,1-3H3;1-5H3,(H,11,12);4-5H2,1-3H3;4,6H,5,7H2,1-3H3;4-5H,6H2,1-3H3;1H,2-4H3,(H,8,9);5H,1H2,2-4H3;1H,2-4H3;5H,1H2,2-4H3/b;;;;7-6-;;;;;;;. The van der Waals surface area contributed by atoms with E-state index in [9.17, 15) is 79.1 Å². The first-order valence-corrected chi connectivity index (χ1v) is 46.3. The lowest BCUT2D eigenvalue weighted by Gasteiger charge is -2.36. The van der Waals surface area contributed by atoms with E-state index in [0.717, 1.165) is 69.9 Å². The molecular weight excluding hydrogens is 1680 g/mol. The molecule has 2 heterocycles. The molecule has 22 nitrogen and oxygen atoms in total. The molecule has 0 aromatic carbocycles. The van der Waals surface area contributed by atoms with Gasteiger partial charge in [0.05, 0.1) is 17.4 Å². The average molecular weight is 1850 g/mol. The Morgan fingerprint density at radius 1 is 0.546 bits per heavy atom. The smallest absolute Gasteiger partial charge is 0.319 e. The van der Waals surface area contributed by atoms with Crippen LogP contribution in [-0.2, 0) is 72.1 Å². The maximum Gasteiger partial charge on any atom is 0.319 e. The Kier molecular flexibility index (Phi) is 53.9. The van der Waals surface area contributed by atoms with Crippen LogP contribution in [0.5, 0.6) is 0 Å². The first-order chi connectivity index (χ1) is 58.0. The number of nitrogens with one attached hydrogen (secondary N) is 4. The molecule has 0 aromatic rings. The number of nitriles is 1. The van der Waals surface area contributed by atoms with Crippen molar-refractivity contribution in [2.45, 2.75) is 398 Å². The Balaban J connectivity index is -0.000000439. The first-order valence-electron chi connectivity index (χ1n) is 44.7. The lowest BCUT2D eigenvalue weighted by atomic mass is 9.74. The summed E-state index contributed by atoms with van der Waals surface area (Å²) in [6.07, 6.45) is 32.3. The van der Waals surface area contributed by atoms with E-state index >= 15 is 0 Å². The molecular formula is C104H170F3N7O15S. The van der Waals surface area contributed by atoms with Gasteiger partial charge in [0, 0.05) is 96.7 Å². The normalized spacial score (nSPS) is 16.9. The summed E-state index contributed by atoms with van der Waals surface area (Å²) in [7, 11) is -3.07. The van der Waals surface area contributed by atoms with Crippen molar-refractivity contribution in [1.82, 2.24) is 31.1 Å². The van der Waals surface area contributed by atoms with Crippen molar-refractivity contribution in [3.05, 3.63) is 95.3 Å². The Morgan fingerprint density at radius 2 is 0.954 bits per heavy atom. The number of rotatable bonds is 9. The van der Waals surface area contributed by atoms with Gasteiger partial charge in [-0.3, -0.25) is 57.5 Å². The number of halogens is 3. The summed E-state index contributed by atoms with van der Waals surface area (Å²) in [6, 6.07) is 2.11. The minimum Gasteiger partial charge on any atom is -0.464 e. The number of Topliss-reactive ketones (excluding diaryl/α,β-unsaturated/α-hetero) is 3. The predicted molar refractivity (Wildman–Crippen MR) is 522 cm³/mol. The fourth-order valence-corrected chi connectivity index (χ4v) is 11.5. The second kappa shape index (κ2) is 54.2. The second-order valence-electron chi connectivity index (χ2n) is 45.5. The molecule has 26 heteroatoms. The predicted octanol–water partition coefficient (Wildman–Crippen LogP) is 21.2. The van der Waals surface area contributed by atoms with Crippen LogP contribution in [0.25, 0.3) is 0 Å². The SMILES string of the molecule is C#CC(=O)C(C)(C)C.C#CC(=O)NC(C)(C)C.C/C(F)=C(\C)C(=O)NC(C)(C)C.C=CC(=O)C(C)(C)C.C=CS(=O)(=O)C(C)(C)C.CC(=O)C1(C(=O)OCC(C)(C)C)CC1.CC(C)(C)C(=O)C1(C#N)CC1.CC(C)(C)C1CCC=CC1=O.CC(C)(C)N1CC=CC1=O.CC(C)(C)N1CCC=CC1=O.CC(C)(C)NC(=O)C1=C(F)CCC1.CC(C)(C)NC(=O)C1=C(F)CCCC1. The zero-order chi connectivity index (χ0) is 104. The number of hydrogen-bond acceptors (Lipinski definition) is 16. The Morgan fingerprint density at radius 3 is 1.17 bits per heavy atom. The Hall–Kier alpha value is -9.09. The van der Waals surface area contributed by atoms with Gasteiger partial charge in [0.15, 0.2) is 27.2 Å². The highest BCUT2D eigenvalue weighted by atomic mass is 32.2. The minimum absolute atomic E-state index is 0.0259. The molecule has 0 spiro atoms. The zero-order valence-electron chi connectivity index (χ0n) is 87.3. The molecule has 0 saturated heterocycles. The highest BCUT2D eigenvalue weighted by Gasteiger charge is 2.56. The molecule has 7 aliphatic rings. The van der Waals surface area contributed by atoms with E-state index in [-0.39, 0.29) is 148 Å². The maximum atomic E-state index is 13.3. The van der Waals surface area contributed by atoms with Gasteiger partial charge in [-0.15, -0.1) is 12.8 Å². The van der Waals surface area contributed by atoms with Gasteiger partial charge in [0.1, 0.15) is 34.1 Å². The number of carbonyl (C=O) groups excluding carboxylic acids is 12. The molecule has 6 amide bonds. The molecule has 1 atom stereocenters. The lowest BCUT2D eigenvalue weighted by molar-refractivity contribution is -0.156. The van der Waals surface area contributed by atoms with Gasteiger partial charge in [0.2, 0.25) is 35.3 Å². The molecule has 2 saturated carbocycles. The van der Waals surface area contributed by atoms with Crippen LogP contribution >= 0.6 is 0 Å². The zero-order valence-corrected chi connectivity index (χ0v) is 88.1. The van der Waals surface area contributed by atoms with Crippen molar-refractivity contribution in [1.29, 1.82) is 5.26 Å². The van der Waals surface area contributed by atoms with Crippen molar-refractivity contribution in [3.63, 3.8) is 0 Å². The van der Waals surface area contributed by atoms with E-state index < -0.39 is 31.2 Å². The topological polar surface area (TPSA) is 327 Å². The number of terminal acetylenes is 2. The minimum atomic E-state index is -3.07. The van der Waals surface area contributed by atoms with Crippen molar-refractivity contribution >= 4 is 80.2 Å². The third kappa shape index (κ3) is 56.6. The van der Waals surface area contributed by atoms with Crippen LogP contribution in [-0.4, -0.2) is 146 Å². The number of ketones is 5. The molecule has 738 valence electrons. The summed E-state index contributed by atoms with van der Waals surface area (Å²) in [5.74, 6) is 2.44. The molecule has 2 fully saturated rings. The number of carbonyl (C=O) groups is 12. The molecule has 2 aliphatic heterocycles. The van der Waals surface area contributed by atoms with Crippen molar-refractivity contribution in [2.75, 3.05) is 19.7 Å². The summed E-state index contributed by atoms with van der Waals surface area (Å²) >= 11 is 0. The molecule has 7 rings (SSSR count). The molecule has 130 heavy (non-hydrogen) atoms. The number of sulfone groups is 1. The fourth-order valence-electron chi connectivity index (χ4n) is 11.0. The molecule has 0 bridgehead atoms. The molecule has 5 aliphatic carbocycles. The Labute approximate surface area is 783 Å². The van der Waals surface area contributed by atoms with Crippen molar-refractivity contribution in [2.24, 2.45) is 43.8 Å². The van der Waals surface area contributed by atoms with Crippen LogP contribution in [0.2, 0.25) is 0 Å². The van der Waals surface area contributed by atoms with Crippen LogP contribution in [0, 0.1) is 79.8 Å². The summed E-state index contributed by atoms with van der Waals surface area (Å²) in [4.78, 5) is 138. The number of hydrogen-bond donors (Lipinski definition) is 4. The number of allylic oxidation sites excluding steroid dienone is 6. The van der Waals surface area contributed by atoms with E-state index in [2.05, 4.69) is 88.0 Å². The number of amides is 6. The van der Waals surface area contributed by atoms with Crippen LogP contribution in [0.4, 0.5) is 13.2 Å². The highest BCUT2D eigenvalue weighted by Crippen LogP contribution is 2.50. The second-order valence-corrected chi connectivity index (χ2v) is 48.2. The van der Waals surface area contributed by atoms with Crippen molar-refractivity contribution < 1.29 is 83.9 Å². The first kappa shape index (κ1) is 129. The van der Waals surface area contributed by atoms with Crippen LogP contribution < -0.4 is 21.3 Å². The molecule has 4 N–H and O–H groups in total. The monoisotopic (exact) mass is 1850 g/mol. The van der Waals surface area contributed by atoms with Gasteiger partial charge in [-0.2, -0.15) is 5.26 Å². The van der Waals surface area contributed by atoms with Crippen molar-refractivity contribution in [3.8, 4) is 30.8 Å². The highest BCUT2D eigenvalue weighted by molar-refractivity contribution is 7.95. The van der Waals surface area contributed by atoms with E-state index in [1.54, 1.807) is 59.8 Å². The van der Waals surface area contributed by atoms with E-state index in [0.29, 0.717) is 62.1 Å². The molecule has 0 radical (unpaired) electrons. The fraction of sp³-hybridized carbons (Fsp3) is 0.683. The van der Waals surface area contributed by atoms with E-state index in [1.807, 2.05) is 200 Å². The summed E-state index contributed by atoms with van der Waals surface area (Å²) in [6.45, 7) is 81.6. The number of nitrogens with zero attached hydrogens (tertiary/aromatic N) is 3. The quantitative estimate of drug-likeness (QED) is 0.0548. The molecule has 0 aromatic heterocycles.